The summed E-state index contributed by atoms with van der Waals surface area (Å²) in [4.78, 5) is 20.9. The Kier molecular flexibility index (Phi) is 9.12. The van der Waals surface area contributed by atoms with Crippen molar-refractivity contribution in [2.75, 3.05) is 33.3 Å². The third kappa shape index (κ3) is 8.11. The van der Waals surface area contributed by atoms with E-state index in [9.17, 15) is 4.79 Å². The first-order valence-electron chi connectivity index (χ1n) is 12.5. The molecule has 0 N–H and O–H groups in total. The van der Waals surface area contributed by atoms with Crippen molar-refractivity contribution in [3.05, 3.63) is 90.3 Å². The molecule has 35 heavy (non-hydrogen) atoms. The van der Waals surface area contributed by atoms with Gasteiger partial charge in [-0.25, -0.2) is 4.79 Å². The maximum absolute atomic E-state index is 12.6. The van der Waals surface area contributed by atoms with Crippen LogP contribution in [-0.4, -0.2) is 54.2 Å². The zero-order valence-corrected chi connectivity index (χ0v) is 20.5. The number of aromatic nitrogens is 1. The van der Waals surface area contributed by atoms with Crippen molar-refractivity contribution in [3.63, 3.8) is 0 Å². The van der Waals surface area contributed by atoms with E-state index in [0.29, 0.717) is 18.3 Å². The van der Waals surface area contributed by atoms with Gasteiger partial charge in [0.1, 0.15) is 11.5 Å². The number of pyridine rings is 1. The number of benzene rings is 2. The summed E-state index contributed by atoms with van der Waals surface area (Å²) in [6.07, 6.45) is 7.18. The lowest BCUT2D eigenvalue weighted by Crippen LogP contribution is -2.40. The maximum Gasteiger partial charge on any atom is 0.415 e. The molecule has 2 heterocycles. The van der Waals surface area contributed by atoms with Crippen LogP contribution in [0.4, 0.5) is 4.79 Å². The number of carbonyl (C=O) groups excluding carboxylic acids is 1. The molecule has 0 unspecified atom stereocenters. The van der Waals surface area contributed by atoms with E-state index in [1.54, 1.807) is 12.4 Å². The normalized spacial score (nSPS) is 14.2. The molecule has 0 saturated carbocycles. The van der Waals surface area contributed by atoms with Gasteiger partial charge in [-0.15, -0.1) is 0 Å². The molecule has 1 aliphatic heterocycles. The molecule has 1 saturated heterocycles. The lowest BCUT2D eigenvalue weighted by atomic mass is 9.93. The number of likely N-dealkylation sites (tertiary alicyclic amines) is 1. The maximum atomic E-state index is 12.6. The molecule has 0 atom stereocenters. The minimum absolute atomic E-state index is 0.252. The Balaban J connectivity index is 1.13. The first kappa shape index (κ1) is 24.7. The number of carbonyl (C=O) groups is 1. The van der Waals surface area contributed by atoms with Gasteiger partial charge in [-0.1, -0.05) is 42.5 Å². The average molecular weight is 474 g/mol. The van der Waals surface area contributed by atoms with E-state index in [1.165, 1.54) is 5.56 Å². The topological polar surface area (TPSA) is 54.9 Å². The van der Waals surface area contributed by atoms with Crippen LogP contribution in [0.15, 0.2) is 79.1 Å². The predicted octanol–water partition coefficient (Wildman–Crippen LogP) is 5.44. The Hall–Kier alpha value is -3.38. The summed E-state index contributed by atoms with van der Waals surface area (Å²) in [7, 11) is 2.18. The van der Waals surface area contributed by atoms with Crippen molar-refractivity contribution in [2.45, 2.75) is 32.2 Å². The van der Waals surface area contributed by atoms with Crippen molar-refractivity contribution >= 4 is 6.09 Å². The van der Waals surface area contributed by atoms with Crippen LogP contribution in [0.3, 0.4) is 0 Å². The van der Waals surface area contributed by atoms with Crippen molar-refractivity contribution in [1.29, 1.82) is 0 Å². The summed E-state index contributed by atoms with van der Waals surface area (Å²) in [5.41, 5.74) is 2.48. The molecular formula is C29H35N3O3. The average Bonchev–Trinajstić information content (AvgIpc) is 2.90. The van der Waals surface area contributed by atoms with Crippen molar-refractivity contribution in [1.82, 2.24) is 14.8 Å². The molecule has 0 spiro atoms. The molecule has 0 radical (unpaired) electrons. The summed E-state index contributed by atoms with van der Waals surface area (Å²) < 4.78 is 11.3. The molecule has 2 aromatic carbocycles. The fourth-order valence-electron chi connectivity index (χ4n) is 4.39. The lowest BCUT2D eigenvalue weighted by Gasteiger charge is -2.32. The Morgan fingerprint density at radius 3 is 2.46 bits per heavy atom. The van der Waals surface area contributed by atoms with Gasteiger partial charge in [0.25, 0.3) is 0 Å². The Morgan fingerprint density at radius 1 is 0.971 bits per heavy atom. The van der Waals surface area contributed by atoms with E-state index in [0.717, 1.165) is 63.2 Å². The van der Waals surface area contributed by atoms with Crippen LogP contribution >= 0.6 is 0 Å². The van der Waals surface area contributed by atoms with Gasteiger partial charge in [0.15, 0.2) is 0 Å². The monoisotopic (exact) mass is 473 g/mol. The molecule has 1 aliphatic rings. The minimum Gasteiger partial charge on any atom is -0.492 e. The van der Waals surface area contributed by atoms with Gasteiger partial charge in [0, 0.05) is 32.3 Å². The van der Waals surface area contributed by atoms with Gasteiger partial charge >= 0.3 is 6.09 Å². The second-order valence-corrected chi connectivity index (χ2v) is 9.24. The van der Waals surface area contributed by atoms with Crippen LogP contribution in [0, 0.1) is 5.92 Å². The van der Waals surface area contributed by atoms with Gasteiger partial charge in [-0.3, -0.25) is 4.98 Å². The molecule has 0 bridgehead atoms. The van der Waals surface area contributed by atoms with Gasteiger partial charge in [0.05, 0.1) is 12.8 Å². The second kappa shape index (κ2) is 12.9. The summed E-state index contributed by atoms with van der Waals surface area (Å²) in [5.74, 6) is 2.00. The highest BCUT2D eigenvalue weighted by molar-refractivity contribution is 5.70. The van der Waals surface area contributed by atoms with Crippen LogP contribution in [0.5, 0.6) is 11.5 Å². The fourth-order valence-corrected chi connectivity index (χ4v) is 4.39. The number of rotatable bonds is 10. The van der Waals surface area contributed by atoms with Crippen molar-refractivity contribution in [2.24, 2.45) is 5.92 Å². The van der Waals surface area contributed by atoms with Crippen LogP contribution in [0.1, 0.15) is 30.4 Å². The molecule has 1 fully saturated rings. The van der Waals surface area contributed by atoms with Crippen LogP contribution in [0.2, 0.25) is 0 Å². The standard InChI is InChI=1S/C29H35N3O3/c1-31(23-26-6-3-2-4-7-26)18-13-25-14-19-32(20-15-25)29(33)35-27-11-9-24(10-12-27)16-21-34-28-8-5-17-30-22-28/h2-12,17,22,25H,13-16,18-21,23H2,1H3. The van der Waals surface area contributed by atoms with Gasteiger partial charge in [0.2, 0.25) is 0 Å². The summed E-state index contributed by atoms with van der Waals surface area (Å²) in [6.45, 7) is 4.14. The second-order valence-electron chi connectivity index (χ2n) is 9.24. The summed E-state index contributed by atoms with van der Waals surface area (Å²) >= 11 is 0. The fraction of sp³-hybridized carbons (Fsp3) is 0.379. The number of hydrogen-bond donors (Lipinski definition) is 0. The zero-order valence-electron chi connectivity index (χ0n) is 20.5. The number of nitrogens with zero attached hydrogens (tertiary/aromatic N) is 3. The van der Waals surface area contributed by atoms with Crippen molar-refractivity contribution in [3.8, 4) is 11.5 Å². The van der Waals surface area contributed by atoms with Crippen LogP contribution < -0.4 is 9.47 Å². The summed E-state index contributed by atoms with van der Waals surface area (Å²) in [5, 5.41) is 0. The number of piperidine rings is 1. The molecular weight excluding hydrogens is 438 g/mol. The SMILES string of the molecule is CN(CCC1CCN(C(=O)Oc2ccc(CCOc3cccnc3)cc2)CC1)Cc1ccccc1. The molecule has 1 aromatic heterocycles. The molecule has 0 aliphatic carbocycles. The van der Waals surface area contributed by atoms with Gasteiger partial charge < -0.3 is 19.3 Å². The van der Waals surface area contributed by atoms with Crippen LogP contribution in [0.25, 0.3) is 0 Å². The van der Waals surface area contributed by atoms with E-state index >= 15 is 0 Å². The van der Waals surface area contributed by atoms with Gasteiger partial charge in [-0.05, 0) is 74.2 Å². The lowest BCUT2D eigenvalue weighted by molar-refractivity contribution is 0.126. The van der Waals surface area contributed by atoms with E-state index in [2.05, 4.69) is 47.3 Å². The molecule has 4 rings (SSSR count). The molecule has 184 valence electrons. The molecule has 3 aromatic rings. The van der Waals surface area contributed by atoms with E-state index in [-0.39, 0.29) is 6.09 Å². The number of ether oxygens (including phenoxy) is 2. The van der Waals surface area contributed by atoms with Gasteiger partial charge in [-0.2, -0.15) is 0 Å². The quantitative estimate of drug-likeness (QED) is 0.393. The largest absolute Gasteiger partial charge is 0.492 e. The van der Waals surface area contributed by atoms with E-state index in [1.807, 2.05) is 41.3 Å². The highest BCUT2D eigenvalue weighted by Crippen LogP contribution is 2.22. The highest BCUT2D eigenvalue weighted by atomic mass is 16.6. The Bertz CT molecular complexity index is 1020. The first-order valence-corrected chi connectivity index (χ1v) is 12.5. The van der Waals surface area contributed by atoms with Crippen LogP contribution in [-0.2, 0) is 13.0 Å². The highest BCUT2D eigenvalue weighted by Gasteiger charge is 2.24. The molecule has 1 amide bonds. The summed E-state index contributed by atoms with van der Waals surface area (Å²) in [6, 6.07) is 22.0. The Labute approximate surface area is 208 Å². The van der Waals surface area contributed by atoms with E-state index in [4.69, 9.17) is 9.47 Å². The van der Waals surface area contributed by atoms with Crippen molar-refractivity contribution < 1.29 is 14.3 Å². The predicted molar refractivity (Wildman–Crippen MR) is 138 cm³/mol. The van der Waals surface area contributed by atoms with E-state index < -0.39 is 0 Å². The molecule has 6 nitrogen and oxygen atoms in total. The minimum atomic E-state index is -0.252. The molecule has 6 heteroatoms. The Morgan fingerprint density at radius 2 is 1.74 bits per heavy atom. The third-order valence-electron chi connectivity index (χ3n) is 6.51. The number of hydrogen-bond acceptors (Lipinski definition) is 5. The number of amides is 1. The smallest absolute Gasteiger partial charge is 0.415 e. The third-order valence-corrected chi connectivity index (χ3v) is 6.51. The zero-order chi connectivity index (χ0) is 24.3. The first-order chi connectivity index (χ1) is 17.2.